The van der Waals surface area contributed by atoms with Crippen LogP contribution >= 0.6 is 15.9 Å². The van der Waals surface area contributed by atoms with Gasteiger partial charge in [-0.25, -0.2) is 4.39 Å². The van der Waals surface area contributed by atoms with Crippen molar-refractivity contribution in [3.05, 3.63) is 57.8 Å². The maximum Gasteiger partial charge on any atom is 0.124 e. The third-order valence-corrected chi connectivity index (χ3v) is 4.21. The van der Waals surface area contributed by atoms with Crippen LogP contribution in [0.5, 0.6) is 0 Å². The number of rotatable bonds is 2. The molecule has 2 aromatic carbocycles. The van der Waals surface area contributed by atoms with E-state index in [0.29, 0.717) is 0 Å². The molecule has 0 unspecified atom stereocenters. The van der Waals surface area contributed by atoms with E-state index in [1.165, 1.54) is 23.4 Å². The molecule has 0 radical (unpaired) electrons. The summed E-state index contributed by atoms with van der Waals surface area (Å²) >= 11 is 3.42. The van der Waals surface area contributed by atoms with Gasteiger partial charge < -0.3 is 10.6 Å². The molecule has 19 heavy (non-hydrogen) atoms. The van der Waals surface area contributed by atoms with E-state index >= 15 is 0 Å². The maximum absolute atomic E-state index is 13.1. The topological polar surface area (TPSA) is 29.3 Å². The number of nitrogen functional groups attached to an aromatic ring is 1. The molecule has 0 amide bonds. The number of hydrogen-bond donors (Lipinski definition) is 1. The van der Waals surface area contributed by atoms with Crippen molar-refractivity contribution in [1.29, 1.82) is 0 Å². The van der Waals surface area contributed by atoms with Crippen LogP contribution in [0.3, 0.4) is 0 Å². The molecule has 4 heteroatoms. The first-order chi connectivity index (χ1) is 9.13. The van der Waals surface area contributed by atoms with Gasteiger partial charge in [-0.15, -0.1) is 0 Å². The van der Waals surface area contributed by atoms with Crippen LogP contribution in [-0.2, 0) is 13.0 Å². The van der Waals surface area contributed by atoms with Gasteiger partial charge in [0.1, 0.15) is 5.82 Å². The lowest BCUT2D eigenvalue weighted by molar-refractivity contribution is 0.625. The standard InChI is InChI=1S/C15H14BrFN2/c16-14-8-12(17)2-1-11(14)9-19-6-5-10-7-13(18)3-4-15(10)19/h1-4,7-8H,5-6,9,18H2. The molecule has 1 aliphatic rings. The van der Waals surface area contributed by atoms with Gasteiger partial charge >= 0.3 is 0 Å². The van der Waals surface area contributed by atoms with Crippen molar-refractivity contribution in [2.24, 2.45) is 0 Å². The van der Waals surface area contributed by atoms with E-state index in [1.54, 1.807) is 0 Å². The fourth-order valence-electron chi connectivity index (χ4n) is 2.51. The summed E-state index contributed by atoms with van der Waals surface area (Å²) in [7, 11) is 0. The first-order valence-corrected chi connectivity index (χ1v) is 7.00. The summed E-state index contributed by atoms with van der Waals surface area (Å²) in [5, 5.41) is 0. The second kappa shape index (κ2) is 4.85. The van der Waals surface area contributed by atoms with E-state index < -0.39 is 0 Å². The Morgan fingerprint density at radius 1 is 1.21 bits per heavy atom. The van der Waals surface area contributed by atoms with Gasteiger partial charge in [0.15, 0.2) is 0 Å². The van der Waals surface area contributed by atoms with Crippen molar-refractivity contribution in [3.8, 4) is 0 Å². The smallest absolute Gasteiger partial charge is 0.124 e. The van der Waals surface area contributed by atoms with Crippen LogP contribution in [0.1, 0.15) is 11.1 Å². The van der Waals surface area contributed by atoms with E-state index in [2.05, 4.69) is 26.9 Å². The fourth-order valence-corrected chi connectivity index (χ4v) is 2.99. The highest BCUT2D eigenvalue weighted by Gasteiger charge is 2.19. The highest BCUT2D eigenvalue weighted by molar-refractivity contribution is 9.10. The Hall–Kier alpha value is -1.55. The van der Waals surface area contributed by atoms with E-state index in [0.717, 1.165) is 35.2 Å². The molecular weight excluding hydrogens is 307 g/mol. The lowest BCUT2D eigenvalue weighted by Gasteiger charge is -2.20. The van der Waals surface area contributed by atoms with Gasteiger partial charge in [-0.1, -0.05) is 22.0 Å². The zero-order valence-electron chi connectivity index (χ0n) is 10.4. The molecule has 0 bridgehead atoms. The number of hydrogen-bond acceptors (Lipinski definition) is 2. The van der Waals surface area contributed by atoms with E-state index in [4.69, 9.17) is 5.73 Å². The summed E-state index contributed by atoms with van der Waals surface area (Å²) in [5.41, 5.74) is 10.2. The van der Waals surface area contributed by atoms with Gasteiger partial charge in [0, 0.05) is 28.9 Å². The molecule has 2 aromatic rings. The Labute approximate surface area is 120 Å². The Bertz CT molecular complexity index is 628. The summed E-state index contributed by atoms with van der Waals surface area (Å²) in [6.07, 6.45) is 1.01. The van der Waals surface area contributed by atoms with E-state index in [9.17, 15) is 4.39 Å². The highest BCUT2D eigenvalue weighted by Crippen LogP contribution is 2.32. The Morgan fingerprint density at radius 2 is 2.05 bits per heavy atom. The molecule has 98 valence electrons. The largest absolute Gasteiger partial charge is 0.399 e. The number of anilines is 2. The van der Waals surface area contributed by atoms with Crippen molar-refractivity contribution >= 4 is 27.3 Å². The van der Waals surface area contributed by atoms with Crippen molar-refractivity contribution in [3.63, 3.8) is 0 Å². The van der Waals surface area contributed by atoms with Crippen molar-refractivity contribution < 1.29 is 4.39 Å². The van der Waals surface area contributed by atoms with Crippen molar-refractivity contribution in [1.82, 2.24) is 0 Å². The van der Waals surface area contributed by atoms with Crippen molar-refractivity contribution in [2.75, 3.05) is 17.2 Å². The Morgan fingerprint density at radius 3 is 2.84 bits per heavy atom. The normalized spacial score (nSPS) is 13.7. The van der Waals surface area contributed by atoms with E-state index in [-0.39, 0.29) is 5.82 Å². The number of nitrogens with two attached hydrogens (primary N) is 1. The molecule has 0 aliphatic carbocycles. The van der Waals surface area contributed by atoms with Crippen molar-refractivity contribution in [2.45, 2.75) is 13.0 Å². The summed E-state index contributed by atoms with van der Waals surface area (Å²) in [4.78, 5) is 2.30. The average Bonchev–Trinajstić information content (AvgIpc) is 2.75. The zero-order chi connectivity index (χ0) is 13.4. The molecule has 2 nitrogen and oxygen atoms in total. The minimum Gasteiger partial charge on any atom is -0.399 e. The number of nitrogens with zero attached hydrogens (tertiary/aromatic N) is 1. The SMILES string of the molecule is Nc1ccc2c(c1)CCN2Cc1ccc(F)cc1Br. The predicted molar refractivity (Wildman–Crippen MR) is 79.7 cm³/mol. The van der Waals surface area contributed by atoms with Crippen LogP contribution in [0, 0.1) is 5.82 Å². The molecule has 0 aromatic heterocycles. The van der Waals surface area contributed by atoms with Crippen LogP contribution in [0.2, 0.25) is 0 Å². The number of benzene rings is 2. The van der Waals surface area contributed by atoms with Gasteiger partial charge in [-0.05, 0) is 47.9 Å². The van der Waals surface area contributed by atoms with Crippen LogP contribution in [0.4, 0.5) is 15.8 Å². The van der Waals surface area contributed by atoms with Crippen LogP contribution in [0.15, 0.2) is 40.9 Å². The summed E-state index contributed by atoms with van der Waals surface area (Å²) < 4.78 is 13.9. The second-order valence-electron chi connectivity index (χ2n) is 4.80. The van der Waals surface area contributed by atoms with Gasteiger partial charge in [0.25, 0.3) is 0 Å². The molecule has 2 N–H and O–H groups in total. The first kappa shape index (κ1) is 12.5. The number of halogens is 2. The van der Waals surface area contributed by atoms with E-state index in [1.807, 2.05) is 18.2 Å². The lowest BCUT2D eigenvalue weighted by Crippen LogP contribution is -2.19. The average molecular weight is 321 g/mol. The summed E-state index contributed by atoms with van der Waals surface area (Å²) in [5.74, 6) is -0.217. The molecule has 0 saturated heterocycles. The fraction of sp³-hybridized carbons (Fsp3) is 0.200. The third-order valence-electron chi connectivity index (χ3n) is 3.47. The van der Waals surface area contributed by atoms with Gasteiger partial charge in [0.2, 0.25) is 0 Å². The Kier molecular flexibility index (Phi) is 3.19. The molecule has 0 fully saturated rings. The van der Waals surface area contributed by atoms with Gasteiger partial charge in [0.05, 0.1) is 0 Å². The molecule has 0 saturated carbocycles. The summed E-state index contributed by atoms with van der Waals surface area (Å²) in [6, 6.07) is 10.9. The second-order valence-corrected chi connectivity index (χ2v) is 5.65. The van der Waals surface area contributed by atoms with Gasteiger partial charge in [-0.2, -0.15) is 0 Å². The number of fused-ring (bicyclic) bond motifs is 1. The Balaban J connectivity index is 1.86. The first-order valence-electron chi connectivity index (χ1n) is 6.21. The lowest BCUT2D eigenvalue weighted by atomic mass is 10.1. The molecule has 0 atom stereocenters. The highest BCUT2D eigenvalue weighted by atomic mass is 79.9. The summed E-state index contributed by atoms with van der Waals surface area (Å²) in [6.45, 7) is 1.75. The monoisotopic (exact) mass is 320 g/mol. The quantitative estimate of drug-likeness (QED) is 0.854. The molecule has 0 spiro atoms. The van der Waals surface area contributed by atoms with Crippen LogP contribution in [0.25, 0.3) is 0 Å². The molecule has 1 heterocycles. The van der Waals surface area contributed by atoms with Crippen LogP contribution < -0.4 is 10.6 Å². The molecular formula is C15H14BrFN2. The molecule has 3 rings (SSSR count). The molecule has 1 aliphatic heterocycles. The maximum atomic E-state index is 13.1. The van der Waals surface area contributed by atoms with Crippen LogP contribution in [-0.4, -0.2) is 6.54 Å². The minimum atomic E-state index is -0.217. The zero-order valence-corrected chi connectivity index (χ0v) is 12.0. The minimum absolute atomic E-state index is 0.217. The predicted octanol–water partition coefficient (Wildman–Crippen LogP) is 3.73. The third kappa shape index (κ3) is 2.45. The van der Waals surface area contributed by atoms with Gasteiger partial charge in [-0.3, -0.25) is 0 Å².